The van der Waals surface area contributed by atoms with Crippen LogP contribution < -0.4 is 14.8 Å². The van der Waals surface area contributed by atoms with Gasteiger partial charge in [-0.3, -0.25) is 0 Å². The maximum atomic E-state index is 5.86. The van der Waals surface area contributed by atoms with E-state index in [0.717, 1.165) is 24.0 Å². The molecule has 2 aromatic rings. The molecule has 0 aliphatic carbocycles. The van der Waals surface area contributed by atoms with Crippen LogP contribution in [0.2, 0.25) is 0 Å². The molecule has 1 aliphatic heterocycles. The molecule has 1 fully saturated rings. The van der Waals surface area contributed by atoms with Gasteiger partial charge in [0.1, 0.15) is 0 Å². The number of rotatable bonds is 6. The van der Waals surface area contributed by atoms with Crippen molar-refractivity contribution in [2.75, 3.05) is 19.8 Å². The van der Waals surface area contributed by atoms with Gasteiger partial charge in [-0.05, 0) is 44.9 Å². The van der Waals surface area contributed by atoms with Gasteiger partial charge in [0.25, 0.3) is 11.8 Å². The summed E-state index contributed by atoms with van der Waals surface area (Å²) in [4.78, 5) is 9.05. The van der Waals surface area contributed by atoms with Crippen molar-refractivity contribution in [3.63, 3.8) is 0 Å². The van der Waals surface area contributed by atoms with Gasteiger partial charge in [0.05, 0.1) is 24.2 Å². The van der Waals surface area contributed by atoms with Crippen LogP contribution in [0.3, 0.4) is 0 Å². The molecule has 0 spiro atoms. The first kappa shape index (κ1) is 17.8. The van der Waals surface area contributed by atoms with Crippen molar-refractivity contribution in [2.45, 2.75) is 38.6 Å². The molecule has 0 radical (unpaired) electrons. The SMILES string of the molecule is CCOc1nc2ccccc2nc1OCCC1CCCCN1.Cl. The third-order valence-electron chi connectivity index (χ3n) is 3.91. The van der Waals surface area contributed by atoms with Gasteiger partial charge in [-0.25, -0.2) is 9.97 Å². The molecule has 0 bridgehead atoms. The zero-order valence-electron chi connectivity index (χ0n) is 13.5. The van der Waals surface area contributed by atoms with Gasteiger partial charge in [-0.15, -0.1) is 12.4 Å². The number of nitrogens with zero attached hydrogens (tertiary/aromatic N) is 2. The van der Waals surface area contributed by atoms with E-state index in [4.69, 9.17) is 9.47 Å². The fourth-order valence-corrected chi connectivity index (χ4v) is 2.76. The van der Waals surface area contributed by atoms with Gasteiger partial charge in [0, 0.05) is 6.04 Å². The summed E-state index contributed by atoms with van der Waals surface area (Å²) in [6.45, 7) is 4.23. The number of fused-ring (bicyclic) bond motifs is 1. The molecule has 1 aromatic carbocycles. The number of benzene rings is 1. The second-order valence-corrected chi connectivity index (χ2v) is 5.54. The first-order chi connectivity index (χ1) is 10.9. The normalized spacial score (nSPS) is 17.5. The summed E-state index contributed by atoms with van der Waals surface area (Å²) >= 11 is 0. The van der Waals surface area contributed by atoms with Gasteiger partial charge in [-0.1, -0.05) is 18.6 Å². The molecule has 3 rings (SSSR count). The maximum Gasteiger partial charge on any atom is 0.278 e. The van der Waals surface area contributed by atoms with Crippen LogP contribution in [0.25, 0.3) is 11.0 Å². The molecule has 1 aromatic heterocycles. The van der Waals surface area contributed by atoms with Gasteiger partial charge in [0.15, 0.2) is 0 Å². The quantitative estimate of drug-likeness (QED) is 0.876. The Hall–Kier alpha value is -1.59. The first-order valence-electron chi connectivity index (χ1n) is 8.12. The van der Waals surface area contributed by atoms with E-state index in [1.165, 1.54) is 19.3 Å². The second kappa shape index (κ2) is 8.89. The molecule has 1 N–H and O–H groups in total. The van der Waals surface area contributed by atoms with Gasteiger partial charge in [0.2, 0.25) is 0 Å². The lowest BCUT2D eigenvalue weighted by molar-refractivity contribution is 0.237. The number of aromatic nitrogens is 2. The highest BCUT2D eigenvalue weighted by atomic mass is 35.5. The van der Waals surface area contributed by atoms with Crippen LogP contribution in [0.15, 0.2) is 24.3 Å². The summed E-state index contributed by atoms with van der Waals surface area (Å²) in [6.07, 6.45) is 4.80. The molecule has 1 atom stereocenters. The fourth-order valence-electron chi connectivity index (χ4n) is 2.76. The Kier molecular flexibility index (Phi) is 6.86. The Morgan fingerprint density at radius 1 is 1.09 bits per heavy atom. The number of hydrogen-bond acceptors (Lipinski definition) is 5. The molecule has 2 heterocycles. The minimum Gasteiger partial charge on any atom is -0.474 e. The number of piperidine rings is 1. The lowest BCUT2D eigenvalue weighted by Gasteiger charge is -2.23. The van der Waals surface area contributed by atoms with Crippen molar-refractivity contribution in [1.82, 2.24) is 15.3 Å². The van der Waals surface area contributed by atoms with Crippen LogP contribution in [-0.2, 0) is 0 Å². The van der Waals surface area contributed by atoms with E-state index in [2.05, 4.69) is 15.3 Å². The predicted molar refractivity (Wildman–Crippen MR) is 93.7 cm³/mol. The zero-order valence-corrected chi connectivity index (χ0v) is 14.3. The third-order valence-corrected chi connectivity index (χ3v) is 3.91. The minimum absolute atomic E-state index is 0. The molecular formula is C17H24ClN3O2. The van der Waals surface area contributed by atoms with E-state index in [-0.39, 0.29) is 12.4 Å². The zero-order chi connectivity index (χ0) is 15.2. The third kappa shape index (κ3) is 4.69. The smallest absolute Gasteiger partial charge is 0.278 e. The fraction of sp³-hybridized carbons (Fsp3) is 0.529. The molecule has 1 saturated heterocycles. The van der Waals surface area contributed by atoms with E-state index in [0.29, 0.717) is 31.0 Å². The molecule has 5 nitrogen and oxygen atoms in total. The predicted octanol–water partition coefficient (Wildman–Crippen LogP) is 3.36. The lowest BCUT2D eigenvalue weighted by Crippen LogP contribution is -2.35. The Labute approximate surface area is 143 Å². The van der Waals surface area contributed by atoms with Crippen LogP contribution in [0, 0.1) is 0 Å². The summed E-state index contributed by atoms with van der Waals surface area (Å²) in [6, 6.07) is 8.32. The van der Waals surface area contributed by atoms with Crippen LogP contribution in [-0.4, -0.2) is 35.8 Å². The van der Waals surface area contributed by atoms with Crippen LogP contribution in [0.1, 0.15) is 32.6 Å². The average molecular weight is 338 g/mol. The standard InChI is InChI=1S/C17H23N3O2.ClH/c1-2-21-16-17(20-15-9-4-3-8-14(15)19-16)22-12-10-13-7-5-6-11-18-13;/h3-4,8-9,13,18H,2,5-7,10-12H2,1H3;1H. The van der Waals surface area contributed by atoms with E-state index in [9.17, 15) is 0 Å². The van der Waals surface area contributed by atoms with E-state index in [1.807, 2.05) is 31.2 Å². The highest BCUT2D eigenvalue weighted by molar-refractivity contribution is 5.85. The van der Waals surface area contributed by atoms with Crippen molar-refractivity contribution in [1.29, 1.82) is 0 Å². The van der Waals surface area contributed by atoms with Crippen molar-refractivity contribution in [3.8, 4) is 11.8 Å². The summed E-state index contributed by atoms with van der Waals surface area (Å²) < 4.78 is 11.4. The molecule has 0 amide bonds. The van der Waals surface area contributed by atoms with Crippen LogP contribution in [0.4, 0.5) is 0 Å². The molecular weight excluding hydrogens is 314 g/mol. The summed E-state index contributed by atoms with van der Waals surface area (Å²) in [5.41, 5.74) is 1.66. The molecule has 1 unspecified atom stereocenters. The van der Waals surface area contributed by atoms with Gasteiger partial charge in [-0.2, -0.15) is 0 Å². The van der Waals surface area contributed by atoms with Crippen LogP contribution >= 0.6 is 12.4 Å². The first-order valence-corrected chi connectivity index (χ1v) is 8.12. The van der Waals surface area contributed by atoms with Crippen molar-refractivity contribution in [2.24, 2.45) is 0 Å². The lowest BCUT2D eigenvalue weighted by atomic mass is 10.0. The van der Waals surface area contributed by atoms with E-state index < -0.39 is 0 Å². The number of halogens is 1. The van der Waals surface area contributed by atoms with Crippen molar-refractivity contribution < 1.29 is 9.47 Å². The Morgan fingerprint density at radius 3 is 2.39 bits per heavy atom. The number of para-hydroxylation sites is 2. The van der Waals surface area contributed by atoms with E-state index >= 15 is 0 Å². The largest absolute Gasteiger partial charge is 0.474 e. The van der Waals surface area contributed by atoms with Crippen molar-refractivity contribution >= 4 is 23.4 Å². The summed E-state index contributed by atoms with van der Waals surface area (Å²) in [5.74, 6) is 0.981. The minimum atomic E-state index is 0. The number of hydrogen-bond donors (Lipinski definition) is 1. The Bertz CT molecular complexity index is 618. The number of nitrogens with one attached hydrogen (secondary N) is 1. The van der Waals surface area contributed by atoms with E-state index in [1.54, 1.807) is 0 Å². The molecule has 1 aliphatic rings. The Balaban J connectivity index is 0.00000192. The second-order valence-electron chi connectivity index (χ2n) is 5.54. The topological polar surface area (TPSA) is 56.3 Å². The van der Waals surface area contributed by atoms with Crippen LogP contribution in [0.5, 0.6) is 11.8 Å². The summed E-state index contributed by atoms with van der Waals surface area (Å²) in [7, 11) is 0. The molecule has 0 saturated carbocycles. The molecule has 23 heavy (non-hydrogen) atoms. The highest BCUT2D eigenvalue weighted by Gasteiger charge is 2.15. The molecule has 126 valence electrons. The van der Waals surface area contributed by atoms with Gasteiger partial charge >= 0.3 is 0 Å². The van der Waals surface area contributed by atoms with Crippen molar-refractivity contribution in [3.05, 3.63) is 24.3 Å². The van der Waals surface area contributed by atoms with Gasteiger partial charge < -0.3 is 14.8 Å². The number of ether oxygens (including phenoxy) is 2. The summed E-state index contributed by atoms with van der Waals surface area (Å²) in [5, 5.41) is 3.53. The highest BCUT2D eigenvalue weighted by Crippen LogP contribution is 2.26. The maximum absolute atomic E-state index is 5.86. The molecule has 6 heteroatoms. The Morgan fingerprint density at radius 2 is 1.78 bits per heavy atom. The monoisotopic (exact) mass is 337 g/mol. The average Bonchev–Trinajstić information content (AvgIpc) is 2.56.